The molecule has 1 aliphatic rings. The molecule has 3 amide bonds. The van der Waals surface area contributed by atoms with E-state index in [1.54, 1.807) is 12.3 Å². The molecule has 6 nitrogen and oxygen atoms in total. The Morgan fingerprint density at radius 2 is 2.19 bits per heavy atom. The Morgan fingerprint density at radius 1 is 1.33 bits per heavy atom. The Balaban J connectivity index is 1.78. The molecule has 3 rings (SSSR count). The highest BCUT2D eigenvalue weighted by atomic mass is 16.2. The second kappa shape index (κ2) is 5.40. The van der Waals surface area contributed by atoms with Crippen molar-refractivity contribution in [2.24, 2.45) is 5.73 Å². The zero-order valence-electron chi connectivity index (χ0n) is 11.5. The number of nitrogens with two attached hydrogens (primary N) is 1. The van der Waals surface area contributed by atoms with Gasteiger partial charge >= 0.3 is 6.03 Å². The normalized spacial score (nSPS) is 17.9. The molecule has 1 unspecified atom stereocenters. The van der Waals surface area contributed by atoms with E-state index in [1.165, 1.54) is 4.90 Å². The molecule has 1 saturated heterocycles. The van der Waals surface area contributed by atoms with Gasteiger partial charge in [-0.1, -0.05) is 6.07 Å². The maximum Gasteiger partial charge on any atom is 0.315 e. The Hall–Kier alpha value is -2.63. The van der Waals surface area contributed by atoms with Crippen LogP contribution in [0.1, 0.15) is 12.8 Å². The number of anilines is 1. The van der Waals surface area contributed by atoms with E-state index < -0.39 is 12.1 Å². The van der Waals surface area contributed by atoms with Crippen LogP contribution in [-0.4, -0.2) is 34.4 Å². The second-order valence-corrected chi connectivity index (χ2v) is 5.09. The van der Waals surface area contributed by atoms with Gasteiger partial charge in [0, 0.05) is 23.8 Å². The van der Waals surface area contributed by atoms with Crippen molar-refractivity contribution in [3.8, 4) is 0 Å². The third-order valence-corrected chi connectivity index (χ3v) is 3.71. The second-order valence-electron chi connectivity index (χ2n) is 5.09. The number of carbonyl (C=O) groups is 2. The number of urea groups is 1. The summed E-state index contributed by atoms with van der Waals surface area (Å²) in [4.78, 5) is 29.2. The number of primary amides is 1. The van der Waals surface area contributed by atoms with Crippen molar-refractivity contribution in [2.75, 3.05) is 11.9 Å². The average Bonchev–Trinajstić information content (AvgIpc) is 2.97. The maximum atomic E-state index is 12.3. The van der Waals surface area contributed by atoms with E-state index >= 15 is 0 Å². The molecule has 1 atom stereocenters. The molecule has 0 saturated carbocycles. The maximum absolute atomic E-state index is 12.3. The molecular weight excluding hydrogens is 268 g/mol. The van der Waals surface area contributed by atoms with Crippen LogP contribution in [0.25, 0.3) is 10.9 Å². The molecule has 2 aromatic rings. The summed E-state index contributed by atoms with van der Waals surface area (Å²) >= 11 is 0. The summed E-state index contributed by atoms with van der Waals surface area (Å²) in [5.41, 5.74) is 6.85. The van der Waals surface area contributed by atoms with Crippen molar-refractivity contribution < 1.29 is 9.59 Å². The largest absolute Gasteiger partial charge is 0.351 e. The van der Waals surface area contributed by atoms with Gasteiger partial charge in [0.2, 0.25) is 5.91 Å². The Bertz CT molecular complexity index is 701. The Morgan fingerprint density at radius 3 is 3.00 bits per heavy atom. The van der Waals surface area contributed by atoms with E-state index in [2.05, 4.69) is 10.3 Å². The highest BCUT2D eigenvalue weighted by Gasteiger charge is 2.32. The predicted octanol–water partition coefficient (Wildman–Crippen LogP) is 1.72. The van der Waals surface area contributed by atoms with E-state index in [-0.39, 0.29) is 5.91 Å². The third kappa shape index (κ3) is 2.65. The molecule has 0 bridgehead atoms. The number of nitrogens with zero attached hydrogens (tertiary/aromatic N) is 2. The van der Waals surface area contributed by atoms with Crippen LogP contribution in [0.4, 0.5) is 10.5 Å². The lowest BCUT2D eigenvalue weighted by Crippen LogP contribution is -2.45. The zero-order valence-corrected chi connectivity index (χ0v) is 11.5. The first-order chi connectivity index (χ1) is 10.1. The number of amides is 3. The smallest absolute Gasteiger partial charge is 0.315 e. The fourth-order valence-electron chi connectivity index (χ4n) is 2.68. The van der Waals surface area contributed by atoms with Crippen LogP contribution in [-0.2, 0) is 4.79 Å². The van der Waals surface area contributed by atoms with Crippen molar-refractivity contribution in [1.82, 2.24) is 9.88 Å². The van der Waals surface area contributed by atoms with Crippen molar-refractivity contribution in [2.45, 2.75) is 18.9 Å². The van der Waals surface area contributed by atoms with Crippen LogP contribution in [0.15, 0.2) is 36.5 Å². The number of carbonyl (C=O) groups excluding carboxylic acids is 2. The number of nitrogens with one attached hydrogen (secondary N) is 1. The van der Waals surface area contributed by atoms with Crippen molar-refractivity contribution in [3.63, 3.8) is 0 Å². The highest BCUT2D eigenvalue weighted by Crippen LogP contribution is 2.21. The van der Waals surface area contributed by atoms with Gasteiger partial charge in [-0.3, -0.25) is 9.78 Å². The molecule has 1 aromatic heterocycles. The number of likely N-dealkylation sites (tertiary alicyclic amines) is 1. The van der Waals surface area contributed by atoms with Crippen molar-refractivity contribution >= 4 is 28.5 Å². The van der Waals surface area contributed by atoms with Gasteiger partial charge in [-0.2, -0.15) is 0 Å². The SMILES string of the molecule is NC(=O)N1CCCC1C(=O)Nc1ccc2ncccc2c1. The molecule has 2 heterocycles. The van der Waals surface area contributed by atoms with Gasteiger partial charge in [0.05, 0.1) is 5.52 Å². The topological polar surface area (TPSA) is 88.3 Å². The minimum Gasteiger partial charge on any atom is -0.351 e. The Labute approximate surface area is 121 Å². The molecule has 3 N–H and O–H groups in total. The van der Waals surface area contributed by atoms with Crippen molar-refractivity contribution in [1.29, 1.82) is 0 Å². The standard InChI is InChI=1S/C15H16N4O2/c16-15(21)19-8-2-4-13(19)14(20)18-11-5-6-12-10(9-11)3-1-7-17-12/h1,3,5-7,9,13H,2,4,8H2,(H2,16,21)(H,18,20). The highest BCUT2D eigenvalue weighted by molar-refractivity contribution is 5.98. The Kier molecular flexibility index (Phi) is 3.43. The molecule has 1 aliphatic heterocycles. The van der Waals surface area contributed by atoms with Crippen LogP contribution >= 0.6 is 0 Å². The summed E-state index contributed by atoms with van der Waals surface area (Å²) in [5, 5.41) is 3.80. The van der Waals surface area contributed by atoms with Gasteiger partial charge in [-0.15, -0.1) is 0 Å². The summed E-state index contributed by atoms with van der Waals surface area (Å²) in [5.74, 6) is -0.199. The molecular formula is C15H16N4O2. The lowest BCUT2D eigenvalue weighted by Gasteiger charge is -2.21. The fourth-order valence-corrected chi connectivity index (χ4v) is 2.68. The molecule has 0 aliphatic carbocycles. The van der Waals surface area contributed by atoms with Gasteiger partial charge in [0.25, 0.3) is 0 Å². The summed E-state index contributed by atoms with van der Waals surface area (Å²) in [6, 6.07) is 8.28. The summed E-state index contributed by atoms with van der Waals surface area (Å²) in [6.45, 7) is 0.537. The van der Waals surface area contributed by atoms with Crippen LogP contribution < -0.4 is 11.1 Å². The number of pyridine rings is 1. The molecule has 21 heavy (non-hydrogen) atoms. The molecule has 1 aromatic carbocycles. The minimum atomic E-state index is -0.546. The predicted molar refractivity (Wildman–Crippen MR) is 79.7 cm³/mol. The monoisotopic (exact) mass is 284 g/mol. The van der Waals surface area contributed by atoms with Gasteiger partial charge in [-0.05, 0) is 37.1 Å². The summed E-state index contributed by atoms with van der Waals surface area (Å²) in [7, 11) is 0. The molecule has 1 fully saturated rings. The number of fused-ring (bicyclic) bond motifs is 1. The average molecular weight is 284 g/mol. The number of benzene rings is 1. The molecule has 108 valence electrons. The fraction of sp³-hybridized carbons (Fsp3) is 0.267. The third-order valence-electron chi connectivity index (χ3n) is 3.71. The van der Waals surface area contributed by atoms with Crippen molar-refractivity contribution in [3.05, 3.63) is 36.5 Å². The number of aromatic nitrogens is 1. The number of rotatable bonds is 2. The van der Waals surface area contributed by atoms with Crippen LogP contribution in [0.5, 0.6) is 0 Å². The molecule has 6 heteroatoms. The van der Waals surface area contributed by atoms with Crippen LogP contribution in [0, 0.1) is 0 Å². The number of hydrogen-bond acceptors (Lipinski definition) is 3. The lowest BCUT2D eigenvalue weighted by atomic mass is 10.1. The van der Waals surface area contributed by atoms with E-state index in [1.807, 2.05) is 24.3 Å². The quantitative estimate of drug-likeness (QED) is 0.880. The van der Waals surface area contributed by atoms with E-state index in [4.69, 9.17) is 5.73 Å². The first-order valence-electron chi connectivity index (χ1n) is 6.87. The van der Waals surface area contributed by atoms with Gasteiger partial charge in [-0.25, -0.2) is 4.79 Å². The van der Waals surface area contributed by atoms with Crippen LogP contribution in [0.2, 0.25) is 0 Å². The van der Waals surface area contributed by atoms with E-state index in [0.717, 1.165) is 17.3 Å². The first kappa shape index (κ1) is 13.4. The number of hydrogen-bond donors (Lipinski definition) is 2. The van der Waals surface area contributed by atoms with E-state index in [0.29, 0.717) is 18.7 Å². The van der Waals surface area contributed by atoms with Gasteiger partial charge in [0.1, 0.15) is 6.04 Å². The van der Waals surface area contributed by atoms with Crippen LogP contribution in [0.3, 0.4) is 0 Å². The van der Waals surface area contributed by atoms with Gasteiger partial charge in [0.15, 0.2) is 0 Å². The van der Waals surface area contributed by atoms with E-state index in [9.17, 15) is 9.59 Å². The molecule has 0 radical (unpaired) electrons. The lowest BCUT2D eigenvalue weighted by molar-refractivity contribution is -0.119. The minimum absolute atomic E-state index is 0.199. The first-order valence-corrected chi connectivity index (χ1v) is 6.87. The summed E-state index contributed by atoms with van der Waals surface area (Å²) < 4.78 is 0. The zero-order chi connectivity index (χ0) is 14.8. The van der Waals surface area contributed by atoms with Gasteiger partial charge < -0.3 is 16.0 Å². The summed E-state index contributed by atoms with van der Waals surface area (Å²) in [6.07, 6.45) is 3.16. The molecule has 0 spiro atoms.